The number of aromatic nitrogens is 2. The van der Waals surface area contributed by atoms with Crippen molar-refractivity contribution >= 4 is 5.82 Å². The lowest BCUT2D eigenvalue weighted by Gasteiger charge is -2.15. The number of nitrogens with one attached hydrogen (secondary N) is 1. The first-order valence-electron chi connectivity index (χ1n) is 6.38. The van der Waals surface area contributed by atoms with Crippen molar-refractivity contribution in [2.75, 3.05) is 5.32 Å². The van der Waals surface area contributed by atoms with Gasteiger partial charge < -0.3 is 5.32 Å². The van der Waals surface area contributed by atoms with Gasteiger partial charge in [0.25, 0.3) is 0 Å². The Kier molecular flexibility index (Phi) is 5.87. The Balaban J connectivity index is 2.39. The Morgan fingerprint density at radius 1 is 1.29 bits per heavy atom. The summed E-state index contributed by atoms with van der Waals surface area (Å²) in [7, 11) is 0. The summed E-state index contributed by atoms with van der Waals surface area (Å²) in [4.78, 5) is 7.73. The van der Waals surface area contributed by atoms with Crippen LogP contribution in [0.2, 0.25) is 0 Å². The monoisotopic (exact) mass is 239 g/mol. The Labute approximate surface area is 103 Å². The first kappa shape index (κ1) is 13.9. The molecule has 17 heavy (non-hydrogen) atoms. The summed E-state index contributed by atoms with van der Waals surface area (Å²) in [5, 5.41) is 3.10. The third-order valence-electron chi connectivity index (χ3n) is 2.84. The first-order valence-corrected chi connectivity index (χ1v) is 6.38. The van der Waals surface area contributed by atoms with Gasteiger partial charge in [-0.15, -0.1) is 0 Å². The summed E-state index contributed by atoms with van der Waals surface area (Å²) in [6.45, 7) is 5.90. The van der Waals surface area contributed by atoms with Gasteiger partial charge in [0.2, 0.25) is 0 Å². The van der Waals surface area contributed by atoms with Crippen LogP contribution in [0.5, 0.6) is 0 Å². The summed E-state index contributed by atoms with van der Waals surface area (Å²) >= 11 is 0. The molecular weight excluding hydrogens is 217 g/mol. The molecule has 0 amide bonds. The molecule has 1 N–H and O–H groups in total. The fraction of sp³-hybridized carbons (Fsp3) is 0.692. The van der Waals surface area contributed by atoms with Crippen LogP contribution in [-0.2, 0) is 0 Å². The molecule has 1 rings (SSSR count). The van der Waals surface area contributed by atoms with Gasteiger partial charge in [-0.3, -0.25) is 0 Å². The summed E-state index contributed by atoms with van der Waals surface area (Å²) in [6, 6.07) is 0.246. The Bertz CT molecular complexity index is 341. The van der Waals surface area contributed by atoms with E-state index in [1.807, 2.05) is 0 Å². The number of aryl methyl sites for hydroxylation is 1. The second kappa shape index (κ2) is 7.20. The Morgan fingerprint density at radius 3 is 2.76 bits per heavy atom. The lowest BCUT2D eigenvalue weighted by molar-refractivity contribution is 0.576. The van der Waals surface area contributed by atoms with Gasteiger partial charge in [-0.1, -0.05) is 32.6 Å². The zero-order valence-corrected chi connectivity index (χ0v) is 11.0. The zero-order chi connectivity index (χ0) is 12.7. The van der Waals surface area contributed by atoms with Gasteiger partial charge in [0, 0.05) is 6.04 Å². The number of unbranched alkanes of at least 4 members (excludes halogenated alkanes) is 3. The molecule has 4 heteroatoms. The highest BCUT2D eigenvalue weighted by Crippen LogP contribution is 2.15. The van der Waals surface area contributed by atoms with Gasteiger partial charge in [0.05, 0.1) is 5.69 Å². The molecule has 1 heterocycles. The fourth-order valence-corrected chi connectivity index (χ4v) is 1.74. The largest absolute Gasteiger partial charge is 0.365 e. The van der Waals surface area contributed by atoms with E-state index in [4.69, 9.17) is 0 Å². The number of hydrogen-bond donors (Lipinski definition) is 1. The van der Waals surface area contributed by atoms with E-state index in [9.17, 15) is 4.39 Å². The predicted octanol–water partition coefficient (Wildman–Crippen LogP) is 3.69. The molecule has 1 aromatic rings. The molecule has 1 unspecified atom stereocenters. The third-order valence-corrected chi connectivity index (χ3v) is 2.84. The van der Waals surface area contributed by atoms with Crippen molar-refractivity contribution in [2.24, 2.45) is 0 Å². The first-order chi connectivity index (χ1) is 8.15. The highest BCUT2D eigenvalue weighted by Gasteiger charge is 2.10. The van der Waals surface area contributed by atoms with Crippen LogP contribution in [0.15, 0.2) is 6.33 Å². The second-order valence-corrected chi connectivity index (χ2v) is 4.52. The van der Waals surface area contributed by atoms with Crippen LogP contribution in [0.25, 0.3) is 0 Å². The smallest absolute Gasteiger partial charge is 0.186 e. The van der Waals surface area contributed by atoms with Crippen LogP contribution in [0, 0.1) is 12.7 Å². The molecule has 0 aliphatic rings. The Hall–Kier alpha value is -1.19. The lowest BCUT2D eigenvalue weighted by atomic mass is 10.1. The zero-order valence-electron chi connectivity index (χ0n) is 11.0. The van der Waals surface area contributed by atoms with E-state index in [0.29, 0.717) is 11.5 Å². The van der Waals surface area contributed by atoms with Crippen molar-refractivity contribution in [1.82, 2.24) is 9.97 Å². The molecule has 0 radical (unpaired) electrons. The van der Waals surface area contributed by atoms with E-state index in [-0.39, 0.29) is 11.9 Å². The summed E-state index contributed by atoms with van der Waals surface area (Å²) in [6.07, 6.45) is 7.36. The normalized spacial score (nSPS) is 12.5. The van der Waals surface area contributed by atoms with E-state index in [0.717, 1.165) is 6.42 Å². The molecule has 0 saturated heterocycles. The summed E-state index contributed by atoms with van der Waals surface area (Å²) in [5.41, 5.74) is 0.390. The minimum absolute atomic E-state index is 0.246. The van der Waals surface area contributed by atoms with Crippen molar-refractivity contribution in [3.05, 3.63) is 17.8 Å². The summed E-state index contributed by atoms with van der Waals surface area (Å²) in [5.74, 6) is -0.0200. The standard InChI is InChI=1S/C13H22FN3/c1-4-5-6-7-8-10(2)17-13-12(14)11(3)15-9-16-13/h9-10H,4-8H2,1-3H3,(H,15,16,17). The topological polar surface area (TPSA) is 37.8 Å². The molecule has 96 valence electrons. The summed E-state index contributed by atoms with van der Waals surface area (Å²) < 4.78 is 13.6. The van der Waals surface area contributed by atoms with Gasteiger partial charge in [0.1, 0.15) is 6.33 Å². The maximum absolute atomic E-state index is 13.6. The van der Waals surface area contributed by atoms with E-state index < -0.39 is 0 Å². The maximum atomic E-state index is 13.6. The molecule has 1 aromatic heterocycles. The van der Waals surface area contributed by atoms with Crippen molar-refractivity contribution in [2.45, 2.75) is 58.9 Å². The molecule has 1 atom stereocenters. The van der Waals surface area contributed by atoms with Gasteiger partial charge in [-0.2, -0.15) is 0 Å². The molecule has 0 bridgehead atoms. The van der Waals surface area contributed by atoms with Crippen LogP contribution in [0.4, 0.5) is 10.2 Å². The number of hydrogen-bond acceptors (Lipinski definition) is 3. The average molecular weight is 239 g/mol. The fourth-order valence-electron chi connectivity index (χ4n) is 1.74. The molecule has 0 aromatic carbocycles. The van der Waals surface area contributed by atoms with Crippen molar-refractivity contribution in [3.63, 3.8) is 0 Å². The highest BCUT2D eigenvalue weighted by atomic mass is 19.1. The van der Waals surface area contributed by atoms with Gasteiger partial charge in [0.15, 0.2) is 11.6 Å². The van der Waals surface area contributed by atoms with E-state index in [1.165, 1.54) is 32.0 Å². The van der Waals surface area contributed by atoms with Crippen LogP contribution >= 0.6 is 0 Å². The third kappa shape index (κ3) is 4.67. The van der Waals surface area contributed by atoms with E-state index >= 15 is 0 Å². The molecule has 3 nitrogen and oxygen atoms in total. The number of nitrogens with zero attached hydrogens (tertiary/aromatic N) is 2. The molecule has 0 fully saturated rings. The molecule has 0 saturated carbocycles. The van der Waals surface area contributed by atoms with Crippen LogP contribution in [-0.4, -0.2) is 16.0 Å². The second-order valence-electron chi connectivity index (χ2n) is 4.52. The van der Waals surface area contributed by atoms with E-state index in [1.54, 1.807) is 6.92 Å². The van der Waals surface area contributed by atoms with Crippen molar-refractivity contribution in [1.29, 1.82) is 0 Å². The van der Waals surface area contributed by atoms with Gasteiger partial charge in [-0.25, -0.2) is 14.4 Å². The minimum atomic E-state index is -0.340. The van der Waals surface area contributed by atoms with Gasteiger partial charge >= 0.3 is 0 Å². The van der Waals surface area contributed by atoms with Gasteiger partial charge in [-0.05, 0) is 20.3 Å². The molecule has 0 aliphatic heterocycles. The molecular formula is C13H22FN3. The highest BCUT2D eigenvalue weighted by molar-refractivity contribution is 5.37. The quantitative estimate of drug-likeness (QED) is 0.737. The molecule has 0 spiro atoms. The minimum Gasteiger partial charge on any atom is -0.365 e. The number of halogens is 1. The number of anilines is 1. The molecule has 0 aliphatic carbocycles. The van der Waals surface area contributed by atoms with Crippen LogP contribution < -0.4 is 5.32 Å². The van der Waals surface area contributed by atoms with E-state index in [2.05, 4.69) is 29.1 Å². The lowest BCUT2D eigenvalue weighted by Crippen LogP contribution is -2.17. The van der Waals surface area contributed by atoms with Crippen LogP contribution in [0.3, 0.4) is 0 Å². The predicted molar refractivity (Wildman–Crippen MR) is 68.6 cm³/mol. The SMILES string of the molecule is CCCCCCC(C)Nc1ncnc(C)c1F. The average Bonchev–Trinajstić information content (AvgIpc) is 2.31. The maximum Gasteiger partial charge on any atom is 0.186 e. The van der Waals surface area contributed by atoms with Crippen molar-refractivity contribution < 1.29 is 4.39 Å². The van der Waals surface area contributed by atoms with Crippen molar-refractivity contribution in [3.8, 4) is 0 Å². The van der Waals surface area contributed by atoms with Crippen LogP contribution in [0.1, 0.15) is 51.6 Å². The number of rotatable bonds is 7. The Morgan fingerprint density at radius 2 is 2.06 bits per heavy atom.